The van der Waals surface area contributed by atoms with E-state index in [1.807, 2.05) is 20.8 Å². The molecule has 7 nitrogen and oxygen atoms in total. The Hall–Kier alpha value is -2.02. The number of carbonyl (C=O) groups is 2. The number of hydrogen-bond acceptors (Lipinski definition) is 5. The molecule has 2 amide bonds. The third kappa shape index (κ3) is 2.77. The maximum atomic E-state index is 12.8. The molecule has 0 bridgehead atoms. The van der Waals surface area contributed by atoms with Gasteiger partial charge in [-0.1, -0.05) is 13.8 Å². The SMILES string of the molecule is Cc1nc(C(C)C)ncc1C(=O)N1CCC2(CC1)OCC(=O)N2C. The van der Waals surface area contributed by atoms with Crippen LogP contribution in [-0.4, -0.2) is 64.1 Å². The van der Waals surface area contributed by atoms with Gasteiger partial charge >= 0.3 is 0 Å². The average molecular weight is 332 g/mol. The lowest BCUT2D eigenvalue weighted by Gasteiger charge is -2.42. The lowest BCUT2D eigenvalue weighted by molar-refractivity contribution is -0.135. The molecule has 0 saturated carbocycles. The van der Waals surface area contributed by atoms with Crippen LogP contribution in [0.2, 0.25) is 0 Å². The number of ether oxygens (including phenoxy) is 1. The van der Waals surface area contributed by atoms with Crippen molar-refractivity contribution in [3.05, 3.63) is 23.3 Å². The molecular formula is C17H24N4O3. The van der Waals surface area contributed by atoms with Gasteiger partial charge in [0, 0.05) is 45.1 Å². The van der Waals surface area contributed by atoms with E-state index in [0.29, 0.717) is 37.2 Å². The third-order valence-corrected chi connectivity index (χ3v) is 5.03. The molecular weight excluding hydrogens is 308 g/mol. The highest BCUT2D eigenvalue weighted by molar-refractivity contribution is 5.95. The fourth-order valence-electron chi connectivity index (χ4n) is 3.30. The monoisotopic (exact) mass is 332 g/mol. The molecule has 2 aliphatic rings. The van der Waals surface area contributed by atoms with Gasteiger partial charge in [0.1, 0.15) is 18.2 Å². The Morgan fingerprint density at radius 2 is 2.00 bits per heavy atom. The molecule has 7 heteroatoms. The summed E-state index contributed by atoms with van der Waals surface area (Å²) in [4.78, 5) is 36.7. The Kier molecular flexibility index (Phi) is 4.29. The number of aryl methyl sites for hydroxylation is 1. The van der Waals surface area contributed by atoms with Crippen LogP contribution in [-0.2, 0) is 9.53 Å². The van der Waals surface area contributed by atoms with Gasteiger partial charge in [0.2, 0.25) is 0 Å². The predicted octanol–water partition coefficient (Wildman–Crippen LogP) is 1.33. The normalized spacial score (nSPS) is 20.3. The molecule has 2 fully saturated rings. The van der Waals surface area contributed by atoms with Crippen molar-refractivity contribution in [1.82, 2.24) is 19.8 Å². The molecule has 130 valence electrons. The van der Waals surface area contributed by atoms with Crippen molar-refractivity contribution in [3.63, 3.8) is 0 Å². The van der Waals surface area contributed by atoms with E-state index >= 15 is 0 Å². The molecule has 1 spiro atoms. The summed E-state index contributed by atoms with van der Waals surface area (Å²) in [6.45, 7) is 7.15. The van der Waals surface area contributed by atoms with Crippen molar-refractivity contribution in [2.45, 2.75) is 45.3 Å². The number of piperidine rings is 1. The van der Waals surface area contributed by atoms with Crippen LogP contribution < -0.4 is 0 Å². The number of rotatable bonds is 2. The highest BCUT2D eigenvalue weighted by Crippen LogP contribution is 2.34. The summed E-state index contributed by atoms with van der Waals surface area (Å²) in [5, 5.41) is 0. The zero-order chi connectivity index (χ0) is 17.5. The van der Waals surface area contributed by atoms with E-state index in [9.17, 15) is 9.59 Å². The molecule has 1 aromatic heterocycles. The molecule has 0 unspecified atom stereocenters. The van der Waals surface area contributed by atoms with Crippen molar-refractivity contribution in [2.75, 3.05) is 26.7 Å². The lowest BCUT2D eigenvalue weighted by atomic mass is 9.98. The maximum Gasteiger partial charge on any atom is 0.257 e. The first-order valence-corrected chi connectivity index (χ1v) is 8.37. The number of nitrogens with zero attached hydrogens (tertiary/aromatic N) is 4. The van der Waals surface area contributed by atoms with Crippen molar-refractivity contribution in [2.24, 2.45) is 0 Å². The zero-order valence-electron chi connectivity index (χ0n) is 14.7. The summed E-state index contributed by atoms with van der Waals surface area (Å²) in [5.74, 6) is 0.935. The molecule has 0 aliphatic carbocycles. The summed E-state index contributed by atoms with van der Waals surface area (Å²) in [6.07, 6.45) is 2.89. The van der Waals surface area contributed by atoms with Gasteiger partial charge in [0.05, 0.1) is 11.3 Å². The van der Waals surface area contributed by atoms with E-state index < -0.39 is 5.72 Å². The van der Waals surface area contributed by atoms with E-state index in [1.165, 1.54) is 0 Å². The van der Waals surface area contributed by atoms with Gasteiger partial charge in [0.15, 0.2) is 0 Å². The fourth-order valence-corrected chi connectivity index (χ4v) is 3.30. The number of carbonyl (C=O) groups excluding carboxylic acids is 2. The van der Waals surface area contributed by atoms with Gasteiger partial charge in [0.25, 0.3) is 11.8 Å². The molecule has 0 radical (unpaired) electrons. The number of aromatic nitrogens is 2. The molecule has 0 atom stereocenters. The first kappa shape index (κ1) is 16.8. The first-order chi connectivity index (χ1) is 11.3. The maximum absolute atomic E-state index is 12.8. The minimum Gasteiger partial charge on any atom is -0.346 e. The number of likely N-dealkylation sites (tertiary alicyclic amines) is 1. The summed E-state index contributed by atoms with van der Waals surface area (Å²) in [6, 6.07) is 0. The van der Waals surface area contributed by atoms with Crippen LogP contribution in [0.3, 0.4) is 0 Å². The van der Waals surface area contributed by atoms with E-state index in [2.05, 4.69) is 9.97 Å². The van der Waals surface area contributed by atoms with Crippen LogP contribution in [0, 0.1) is 6.92 Å². The Balaban J connectivity index is 1.71. The van der Waals surface area contributed by atoms with E-state index in [4.69, 9.17) is 4.74 Å². The van der Waals surface area contributed by atoms with Crippen LogP contribution in [0.4, 0.5) is 0 Å². The van der Waals surface area contributed by atoms with Gasteiger partial charge in [-0.25, -0.2) is 9.97 Å². The molecule has 2 aliphatic heterocycles. The molecule has 0 N–H and O–H groups in total. The van der Waals surface area contributed by atoms with Gasteiger partial charge in [-0.2, -0.15) is 0 Å². The Bertz CT molecular complexity index is 666. The second-order valence-electron chi connectivity index (χ2n) is 6.86. The second kappa shape index (κ2) is 6.12. The lowest BCUT2D eigenvalue weighted by Crippen LogP contribution is -2.53. The average Bonchev–Trinajstić information content (AvgIpc) is 2.83. The highest BCUT2D eigenvalue weighted by atomic mass is 16.5. The van der Waals surface area contributed by atoms with Crippen LogP contribution in [0.1, 0.15) is 54.5 Å². The van der Waals surface area contributed by atoms with Gasteiger partial charge in [-0.05, 0) is 6.92 Å². The van der Waals surface area contributed by atoms with Crippen LogP contribution >= 0.6 is 0 Å². The first-order valence-electron chi connectivity index (χ1n) is 8.37. The molecule has 2 saturated heterocycles. The Labute approximate surface area is 142 Å². The van der Waals surface area contributed by atoms with Crippen LogP contribution in [0.5, 0.6) is 0 Å². The summed E-state index contributed by atoms with van der Waals surface area (Å²) in [5.41, 5.74) is 0.719. The van der Waals surface area contributed by atoms with E-state index in [0.717, 1.165) is 5.82 Å². The standard InChI is InChI=1S/C17H24N4O3/c1-11(2)15-18-9-13(12(3)19-15)16(23)21-7-5-17(6-8-21)20(4)14(22)10-24-17/h9,11H,5-8,10H2,1-4H3. The third-order valence-electron chi connectivity index (χ3n) is 5.03. The highest BCUT2D eigenvalue weighted by Gasteiger charge is 2.47. The van der Waals surface area contributed by atoms with Crippen LogP contribution in [0.25, 0.3) is 0 Å². The molecule has 24 heavy (non-hydrogen) atoms. The minimum atomic E-state index is -0.541. The number of hydrogen-bond donors (Lipinski definition) is 0. The summed E-state index contributed by atoms with van der Waals surface area (Å²) in [7, 11) is 1.77. The molecule has 0 aromatic carbocycles. The van der Waals surface area contributed by atoms with Crippen molar-refractivity contribution in [1.29, 1.82) is 0 Å². The van der Waals surface area contributed by atoms with Gasteiger partial charge in [-0.15, -0.1) is 0 Å². The Morgan fingerprint density at radius 3 is 2.50 bits per heavy atom. The topological polar surface area (TPSA) is 75.6 Å². The van der Waals surface area contributed by atoms with Gasteiger partial charge in [-0.3, -0.25) is 9.59 Å². The van der Waals surface area contributed by atoms with Gasteiger partial charge < -0.3 is 14.5 Å². The molecule has 3 rings (SSSR count). The van der Waals surface area contributed by atoms with E-state index in [-0.39, 0.29) is 24.3 Å². The second-order valence-corrected chi connectivity index (χ2v) is 6.86. The number of likely N-dealkylation sites (N-methyl/N-ethyl adjacent to an activating group) is 1. The van der Waals surface area contributed by atoms with Crippen molar-refractivity contribution < 1.29 is 14.3 Å². The largest absolute Gasteiger partial charge is 0.346 e. The molecule has 1 aromatic rings. The zero-order valence-corrected chi connectivity index (χ0v) is 14.7. The summed E-state index contributed by atoms with van der Waals surface area (Å²) >= 11 is 0. The minimum absolute atomic E-state index is 0.00305. The number of amides is 2. The summed E-state index contributed by atoms with van der Waals surface area (Å²) < 4.78 is 5.72. The predicted molar refractivity (Wildman–Crippen MR) is 87.4 cm³/mol. The Morgan fingerprint density at radius 1 is 1.33 bits per heavy atom. The molecule has 3 heterocycles. The smallest absolute Gasteiger partial charge is 0.257 e. The fraction of sp³-hybridized carbons (Fsp3) is 0.647. The van der Waals surface area contributed by atoms with Crippen molar-refractivity contribution >= 4 is 11.8 Å². The van der Waals surface area contributed by atoms with Crippen LogP contribution in [0.15, 0.2) is 6.20 Å². The van der Waals surface area contributed by atoms with Crippen molar-refractivity contribution in [3.8, 4) is 0 Å². The van der Waals surface area contributed by atoms with E-state index in [1.54, 1.807) is 23.0 Å². The quantitative estimate of drug-likeness (QED) is 0.817.